The Bertz CT molecular complexity index is 1480. The summed E-state index contributed by atoms with van der Waals surface area (Å²) in [6.45, 7) is 0.371. The van der Waals surface area contributed by atoms with E-state index in [4.69, 9.17) is 16.3 Å². The highest BCUT2D eigenvalue weighted by atomic mass is 35.5. The van der Waals surface area contributed by atoms with Crippen LogP contribution in [-0.2, 0) is 34.3 Å². The van der Waals surface area contributed by atoms with Gasteiger partial charge in [0.1, 0.15) is 12.4 Å². The first-order valence-electron chi connectivity index (χ1n) is 10.9. The summed E-state index contributed by atoms with van der Waals surface area (Å²) in [6.07, 6.45) is 1.01. The van der Waals surface area contributed by atoms with Crippen LogP contribution in [0.5, 0.6) is 5.75 Å². The maximum absolute atomic E-state index is 13.7. The molecule has 1 aromatic heterocycles. The number of carbonyl (C=O) groups is 1. The Morgan fingerprint density at radius 1 is 1.06 bits per heavy atom. The number of fused-ring (bicyclic) bond motifs is 3. The van der Waals surface area contributed by atoms with Crippen LogP contribution in [0.3, 0.4) is 0 Å². The van der Waals surface area contributed by atoms with Gasteiger partial charge in [0, 0.05) is 16.1 Å². The number of hydrogen-bond donors (Lipinski definition) is 1. The summed E-state index contributed by atoms with van der Waals surface area (Å²) in [7, 11) is -3.92. The van der Waals surface area contributed by atoms with Crippen molar-refractivity contribution in [2.45, 2.75) is 30.8 Å². The Balaban J connectivity index is 1.62. The molecule has 0 bridgehead atoms. The molecule has 4 aromatic rings. The van der Waals surface area contributed by atoms with Gasteiger partial charge in [-0.2, -0.15) is 0 Å². The van der Waals surface area contributed by atoms with Crippen LogP contribution in [0.25, 0.3) is 10.9 Å². The molecule has 6 nitrogen and oxygen atoms in total. The Kier molecular flexibility index (Phi) is 5.83. The van der Waals surface area contributed by atoms with Crippen molar-refractivity contribution in [1.82, 2.24) is 3.97 Å². The molecule has 5 rings (SSSR count). The molecule has 34 heavy (non-hydrogen) atoms. The quantitative estimate of drug-likeness (QED) is 0.392. The molecule has 1 aliphatic rings. The molecule has 1 atom stereocenters. The molecule has 1 aliphatic carbocycles. The van der Waals surface area contributed by atoms with E-state index in [-0.39, 0.29) is 11.3 Å². The number of halogens is 1. The number of benzene rings is 3. The van der Waals surface area contributed by atoms with Crippen molar-refractivity contribution in [3.63, 3.8) is 0 Å². The van der Waals surface area contributed by atoms with Crippen molar-refractivity contribution in [3.8, 4) is 5.75 Å². The zero-order valence-electron chi connectivity index (χ0n) is 18.1. The molecular weight excluding hydrogens is 474 g/mol. The number of carboxylic acid groups (broad SMARTS) is 1. The second-order valence-corrected chi connectivity index (χ2v) is 10.6. The van der Waals surface area contributed by atoms with Crippen molar-refractivity contribution in [2.24, 2.45) is 5.92 Å². The molecule has 0 aliphatic heterocycles. The average Bonchev–Trinajstić information content (AvgIpc) is 3.17. The van der Waals surface area contributed by atoms with Gasteiger partial charge in [0.15, 0.2) is 0 Å². The lowest BCUT2D eigenvalue weighted by Gasteiger charge is -2.21. The molecule has 1 N–H and O–H groups in total. The largest absolute Gasteiger partial charge is 0.489 e. The number of ether oxygens (including phenoxy) is 1. The zero-order chi connectivity index (χ0) is 23.9. The van der Waals surface area contributed by atoms with Crippen molar-refractivity contribution in [3.05, 3.63) is 94.6 Å². The van der Waals surface area contributed by atoms with Crippen LogP contribution in [0.2, 0.25) is 5.02 Å². The van der Waals surface area contributed by atoms with Crippen molar-refractivity contribution in [1.29, 1.82) is 0 Å². The van der Waals surface area contributed by atoms with Gasteiger partial charge in [0.2, 0.25) is 0 Å². The predicted molar refractivity (Wildman–Crippen MR) is 130 cm³/mol. The molecular formula is C26H22ClNO5S. The molecule has 0 radical (unpaired) electrons. The number of aliphatic carboxylic acids is 1. The molecule has 0 spiro atoms. The lowest BCUT2D eigenvalue weighted by molar-refractivity contribution is -0.142. The van der Waals surface area contributed by atoms with E-state index in [1.807, 2.05) is 36.4 Å². The second kappa shape index (κ2) is 8.81. The molecule has 8 heteroatoms. The Hall–Kier alpha value is -3.29. The average molecular weight is 496 g/mol. The number of aromatic nitrogens is 1. The van der Waals surface area contributed by atoms with Gasteiger partial charge in [-0.15, -0.1) is 0 Å². The number of nitrogens with zero attached hydrogens (tertiary/aromatic N) is 1. The summed E-state index contributed by atoms with van der Waals surface area (Å²) in [5, 5.41) is 10.8. The summed E-state index contributed by atoms with van der Waals surface area (Å²) < 4.78 is 34.7. The van der Waals surface area contributed by atoms with Crippen LogP contribution >= 0.6 is 11.6 Å². The van der Waals surface area contributed by atoms with E-state index in [0.29, 0.717) is 46.8 Å². The highest BCUT2D eigenvalue weighted by Crippen LogP contribution is 2.38. The highest BCUT2D eigenvalue weighted by Gasteiger charge is 2.33. The van der Waals surface area contributed by atoms with Crippen LogP contribution in [0, 0.1) is 5.92 Å². The first-order valence-corrected chi connectivity index (χ1v) is 12.7. The van der Waals surface area contributed by atoms with Crippen LogP contribution in [-0.4, -0.2) is 23.5 Å². The third-order valence-corrected chi connectivity index (χ3v) is 8.25. The molecule has 1 heterocycles. The second-order valence-electron chi connectivity index (χ2n) is 8.38. The minimum absolute atomic E-state index is 0.126. The van der Waals surface area contributed by atoms with Gasteiger partial charge in [0.25, 0.3) is 10.0 Å². The molecule has 174 valence electrons. The van der Waals surface area contributed by atoms with Crippen LogP contribution in [0.4, 0.5) is 0 Å². The lowest BCUT2D eigenvalue weighted by atomic mass is 9.86. The highest BCUT2D eigenvalue weighted by molar-refractivity contribution is 7.90. The topological polar surface area (TPSA) is 85.6 Å². The molecule has 1 unspecified atom stereocenters. The van der Waals surface area contributed by atoms with Crippen molar-refractivity contribution in [2.75, 3.05) is 0 Å². The first-order chi connectivity index (χ1) is 16.3. The fourth-order valence-electron chi connectivity index (χ4n) is 4.52. The number of hydrogen-bond acceptors (Lipinski definition) is 4. The smallest absolute Gasteiger partial charge is 0.306 e. The minimum Gasteiger partial charge on any atom is -0.489 e. The normalized spacial score (nSPS) is 15.7. The number of carboxylic acids is 1. The SMILES string of the molecule is O=C(O)C1CCc2c(c3cc(OCc4ccccc4)ccc3n2S(=O)(=O)c2ccc(Cl)cc2)C1. The van der Waals surface area contributed by atoms with Gasteiger partial charge in [-0.1, -0.05) is 41.9 Å². The Morgan fingerprint density at radius 2 is 1.79 bits per heavy atom. The van der Waals surface area contributed by atoms with E-state index in [1.54, 1.807) is 24.3 Å². The van der Waals surface area contributed by atoms with Gasteiger partial charge in [-0.25, -0.2) is 12.4 Å². The predicted octanol–water partition coefficient (Wildman–Crippen LogP) is 5.30. The molecule has 3 aromatic carbocycles. The molecule has 0 saturated heterocycles. The summed E-state index contributed by atoms with van der Waals surface area (Å²) in [5.41, 5.74) is 2.90. The zero-order valence-corrected chi connectivity index (χ0v) is 19.7. The van der Waals surface area contributed by atoms with Gasteiger partial charge in [-0.3, -0.25) is 4.79 Å². The molecule has 0 saturated carbocycles. The molecule has 0 amide bonds. The fraction of sp³-hybridized carbons (Fsp3) is 0.192. The van der Waals surface area contributed by atoms with Gasteiger partial charge >= 0.3 is 5.97 Å². The summed E-state index contributed by atoms with van der Waals surface area (Å²) in [6, 6.07) is 21.1. The molecule has 0 fully saturated rings. The number of rotatable bonds is 6. The van der Waals surface area contributed by atoms with Crippen molar-refractivity contribution >= 4 is 38.5 Å². The standard InChI is InChI=1S/C26H22ClNO5S/c27-19-7-10-21(11-8-19)34(31,32)28-24-12-6-18(26(29)30)14-22(24)23-15-20(9-13-25(23)28)33-16-17-4-2-1-3-5-17/h1-5,7-11,13,15,18H,6,12,14,16H2,(H,29,30). The third kappa shape index (κ3) is 4.06. The maximum atomic E-state index is 13.7. The monoisotopic (exact) mass is 495 g/mol. The van der Waals surface area contributed by atoms with E-state index in [0.717, 1.165) is 11.1 Å². The minimum atomic E-state index is -3.92. The van der Waals surface area contributed by atoms with Crippen LogP contribution in [0.1, 0.15) is 23.2 Å². The third-order valence-electron chi connectivity index (χ3n) is 6.23. The van der Waals surface area contributed by atoms with Gasteiger partial charge in [0.05, 0.1) is 16.3 Å². The Labute approximate surface area is 202 Å². The van der Waals surface area contributed by atoms with E-state index in [9.17, 15) is 18.3 Å². The van der Waals surface area contributed by atoms with Gasteiger partial charge < -0.3 is 9.84 Å². The van der Waals surface area contributed by atoms with Crippen LogP contribution < -0.4 is 4.74 Å². The fourth-order valence-corrected chi connectivity index (χ4v) is 6.25. The van der Waals surface area contributed by atoms with E-state index >= 15 is 0 Å². The van der Waals surface area contributed by atoms with E-state index < -0.39 is 21.9 Å². The lowest BCUT2D eigenvalue weighted by Crippen LogP contribution is -2.24. The van der Waals surface area contributed by atoms with E-state index in [2.05, 4.69) is 0 Å². The maximum Gasteiger partial charge on any atom is 0.306 e. The summed E-state index contributed by atoms with van der Waals surface area (Å²) >= 11 is 5.96. The summed E-state index contributed by atoms with van der Waals surface area (Å²) in [5.74, 6) is -0.833. The van der Waals surface area contributed by atoms with Crippen LogP contribution in [0.15, 0.2) is 77.7 Å². The Morgan fingerprint density at radius 3 is 2.50 bits per heavy atom. The van der Waals surface area contributed by atoms with Crippen molar-refractivity contribution < 1.29 is 23.1 Å². The first kappa shape index (κ1) is 22.5. The van der Waals surface area contributed by atoms with Gasteiger partial charge in [-0.05, 0) is 72.9 Å². The summed E-state index contributed by atoms with van der Waals surface area (Å²) in [4.78, 5) is 11.8. The van der Waals surface area contributed by atoms with E-state index in [1.165, 1.54) is 16.1 Å².